The smallest absolute Gasteiger partial charge is 0.137 e. The molecule has 2 aromatic rings. The molecule has 0 saturated carbocycles. The van der Waals surface area contributed by atoms with E-state index in [4.69, 9.17) is 15.6 Å². The molecule has 0 amide bonds. The van der Waals surface area contributed by atoms with E-state index in [-0.39, 0.29) is 0 Å². The van der Waals surface area contributed by atoms with Crippen molar-refractivity contribution in [1.82, 2.24) is 0 Å². The van der Waals surface area contributed by atoms with Crippen molar-refractivity contribution >= 4 is 16.7 Å². The van der Waals surface area contributed by atoms with Crippen LogP contribution in [0, 0.1) is 5.41 Å². The first kappa shape index (κ1) is 12.7. The Morgan fingerprint density at radius 3 is 2.50 bits per heavy atom. The Hall–Kier alpha value is -3.07. The first-order chi connectivity index (χ1) is 10.7. The minimum atomic E-state index is 0.429. The van der Waals surface area contributed by atoms with Gasteiger partial charge in [0.15, 0.2) is 0 Å². The van der Waals surface area contributed by atoms with E-state index in [0.29, 0.717) is 16.8 Å². The third kappa shape index (κ3) is 1.95. The predicted octanol–water partition coefficient (Wildman–Crippen LogP) is 4.27. The number of nitrogen functional groups attached to an aromatic ring is 1. The summed E-state index contributed by atoms with van der Waals surface area (Å²) in [5.41, 5.74) is 10.5. The van der Waals surface area contributed by atoms with Gasteiger partial charge in [0.05, 0.1) is 5.36 Å². The first-order valence-corrected chi connectivity index (χ1v) is 7.08. The molecule has 3 nitrogen and oxygen atoms in total. The van der Waals surface area contributed by atoms with Crippen molar-refractivity contribution in [1.29, 1.82) is 5.41 Å². The average Bonchev–Trinajstić information content (AvgIpc) is 2.53. The van der Waals surface area contributed by atoms with Crippen molar-refractivity contribution < 1.29 is 4.42 Å². The van der Waals surface area contributed by atoms with Crippen molar-refractivity contribution in [3.63, 3.8) is 0 Å². The van der Waals surface area contributed by atoms with Gasteiger partial charge < -0.3 is 15.6 Å². The van der Waals surface area contributed by atoms with Crippen LogP contribution in [0.5, 0.6) is 0 Å². The van der Waals surface area contributed by atoms with Crippen LogP contribution in [0.3, 0.4) is 0 Å². The van der Waals surface area contributed by atoms with Gasteiger partial charge >= 0.3 is 0 Å². The summed E-state index contributed by atoms with van der Waals surface area (Å²) in [6.45, 7) is 0. The fraction of sp³-hybridized carbons (Fsp3) is 0. The SMILES string of the molecule is N=c1ccc2c(-c3ccccc3)c3ccc(N)cc3oc-2c1. The summed E-state index contributed by atoms with van der Waals surface area (Å²) in [5.74, 6) is 0.699. The average molecular weight is 286 g/mol. The zero-order valence-corrected chi connectivity index (χ0v) is 11.8. The molecule has 1 aliphatic heterocycles. The van der Waals surface area contributed by atoms with Crippen LogP contribution < -0.4 is 11.1 Å². The van der Waals surface area contributed by atoms with Crippen molar-refractivity contribution in [2.24, 2.45) is 0 Å². The molecule has 0 fully saturated rings. The van der Waals surface area contributed by atoms with Gasteiger partial charge in [0.2, 0.25) is 0 Å². The Bertz CT molecular complexity index is 1000. The Labute approximate surface area is 127 Å². The molecule has 1 aliphatic carbocycles. The molecule has 0 saturated heterocycles. The minimum absolute atomic E-state index is 0.429. The van der Waals surface area contributed by atoms with Crippen molar-refractivity contribution in [3.05, 3.63) is 72.1 Å². The van der Waals surface area contributed by atoms with Crippen LogP contribution in [0.4, 0.5) is 5.69 Å². The van der Waals surface area contributed by atoms with Gasteiger partial charge in [-0.1, -0.05) is 30.3 Å². The summed E-state index contributed by atoms with van der Waals surface area (Å²) in [5, 5.41) is 9.27. The number of nitrogens with two attached hydrogens (primary N) is 1. The molecule has 22 heavy (non-hydrogen) atoms. The third-order valence-corrected chi connectivity index (χ3v) is 3.81. The Kier molecular flexibility index (Phi) is 2.73. The van der Waals surface area contributed by atoms with Crippen molar-refractivity contribution in [2.45, 2.75) is 0 Å². The van der Waals surface area contributed by atoms with Gasteiger partial charge in [0, 0.05) is 34.3 Å². The summed E-state index contributed by atoms with van der Waals surface area (Å²) in [4.78, 5) is 0. The van der Waals surface area contributed by atoms with Crippen molar-refractivity contribution in [3.8, 4) is 22.5 Å². The highest BCUT2D eigenvalue weighted by atomic mass is 16.3. The van der Waals surface area contributed by atoms with E-state index < -0.39 is 0 Å². The van der Waals surface area contributed by atoms with E-state index in [2.05, 4.69) is 12.1 Å². The van der Waals surface area contributed by atoms with Gasteiger partial charge in [-0.05, 0) is 29.8 Å². The molecule has 0 bridgehead atoms. The van der Waals surface area contributed by atoms with Crippen molar-refractivity contribution in [2.75, 3.05) is 5.73 Å². The molecule has 4 rings (SSSR count). The molecular formula is C19H14N2O. The van der Waals surface area contributed by atoms with Crippen LogP contribution in [0.1, 0.15) is 0 Å². The van der Waals surface area contributed by atoms with E-state index >= 15 is 0 Å². The third-order valence-electron chi connectivity index (χ3n) is 3.81. The molecule has 3 N–H and O–H groups in total. The van der Waals surface area contributed by atoms with E-state index in [1.807, 2.05) is 42.5 Å². The predicted molar refractivity (Wildman–Crippen MR) is 88.5 cm³/mol. The molecule has 106 valence electrons. The van der Waals surface area contributed by atoms with Gasteiger partial charge in [-0.25, -0.2) is 0 Å². The summed E-state index contributed by atoms with van der Waals surface area (Å²) < 4.78 is 5.97. The van der Waals surface area contributed by atoms with Crippen LogP contribution in [0.25, 0.3) is 33.4 Å². The standard InChI is InChI=1S/C19H14N2O/c20-13-6-8-15-17(10-13)22-18-11-14(21)7-9-16(18)19(15)12-4-2-1-3-5-12/h1-11,20H,21H2. The second-order valence-electron chi connectivity index (χ2n) is 5.31. The zero-order chi connectivity index (χ0) is 15.1. The maximum atomic E-state index is 7.82. The van der Waals surface area contributed by atoms with E-state index in [9.17, 15) is 0 Å². The van der Waals surface area contributed by atoms with Gasteiger partial charge in [-0.2, -0.15) is 0 Å². The normalized spacial score (nSPS) is 11.1. The Morgan fingerprint density at radius 1 is 0.864 bits per heavy atom. The molecule has 0 radical (unpaired) electrons. The summed E-state index contributed by atoms with van der Waals surface area (Å²) in [7, 11) is 0. The molecule has 3 heteroatoms. The highest BCUT2D eigenvalue weighted by Gasteiger charge is 2.16. The summed E-state index contributed by atoms with van der Waals surface area (Å²) in [6.07, 6.45) is 0. The lowest BCUT2D eigenvalue weighted by molar-refractivity contribution is 0.619. The van der Waals surface area contributed by atoms with E-state index in [1.54, 1.807) is 12.1 Å². The number of hydrogen-bond donors (Lipinski definition) is 2. The fourth-order valence-corrected chi connectivity index (χ4v) is 2.82. The second kappa shape index (κ2) is 4.74. The molecule has 0 aromatic heterocycles. The summed E-state index contributed by atoms with van der Waals surface area (Å²) in [6, 6.07) is 21.4. The topological polar surface area (TPSA) is 63.0 Å². The lowest BCUT2D eigenvalue weighted by Crippen LogP contribution is -2.00. The first-order valence-electron chi connectivity index (χ1n) is 7.08. The van der Waals surface area contributed by atoms with Crippen LogP contribution in [-0.4, -0.2) is 0 Å². The lowest BCUT2D eigenvalue weighted by atomic mass is 9.94. The quantitative estimate of drug-likeness (QED) is 0.405. The van der Waals surface area contributed by atoms with Crippen LogP contribution in [0.2, 0.25) is 0 Å². The number of rotatable bonds is 1. The fourth-order valence-electron chi connectivity index (χ4n) is 2.82. The second-order valence-corrected chi connectivity index (χ2v) is 5.31. The highest BCUT2D eigenvalue weighted by molar-refractivity contribution is 6.02. The van der Waals surface area contributed by atoms with Crippen LogP contribution >= 0.6 is 0 Å². The molecule has 1 heterocycles. The Morgan fingerprint density at radius 2 is 1.68 bits per heavy atom. The summed E-state index contributed by atoms with van der Waals surface area (Å²) >= 11 is 0. The molecule has 0 spiro atoms. The maximum Gasteiger partial charge on any atom is 0.137 e. The highest BCUT2D eigenvalue weighted by Crippen LogP contribution is 2.39. The van der Waals surface area contributed by atoms with E-state index in [1.165, 1.54) is 0 Å². The number of nitrogens with one attached hydrogen (secondary N) is 1. The monoisotopic (exact) mass is 286 g/mol. The van der Waals surface area contributed by atoms with Crippen LogP contribution in [0.15, 0.2) is 71.1 Å². The number of hydrogen-bond acceptors (Lipinski definition) is 3. The lowest BCUT2D eigenvalue weighted by Gasteiger charge is -2.15. The van der Waals surface area contributed by atoms with Gasteiger partial charge in [0.1, 0.15) is 11.3 Å². The molecule has 0 atom stereocenters. The van der Waals surface area contributed by atoms with Gasteiger partial charge in [-0.15, -0.1) is 0 Å². The van der Waals surface area contributed by atoms with Gasteiger partial charge in [0.25, 0.3) is 0 Å². The number of benzene rings is 3. The largest absolute Gasteiger partial charge is 0.456 e. The van der Waals surface area contributed by atoms with E-state index in [0.717, 1.165) is 27.7 Å². The number of fused-ring (bicyclic) bond motifs is 2. The molecular weight excluding hydrogens is 272 g/mol. The molecule has 2 aliphatic rings. The Balaban J connectivity index is 2.21. The molecule has 2 aromatic carbocycles. The minimum Gasteiger partial charge on any atom is -0.456 e. The van der Waals surface area contributed by atoms with Gasteiger partial charge in [-0.3, -0.25) is 0 Å². The number of anilines is 1. The maximum absolute atomic E-state index is 7.82. The molecule has 0 unspecified atom stereocenters. The zero-order valence-electron chi connectivity index (χ0n) is 11.8. The van der Waals surface area contributed by atoms with Crippen LogP contribution in [-0.2, 0) is 0 Å².